The minimum absolute atomic E-state index is 0.0542. The van der Waals surface area contributed by atoms with E-state index in [1.165, 1.54) is 17.7 Å². The molecule has 26 heavy (non-hydrogen) atoms. The first-order valence-electron chi connectivity index (χ1n) is 7.72. The van der Waals surface area contributed by atoms with Crippen LogP contribution >= 0.6 is 0 Å². The van der Waals surface area contributed by atoms with Crippen LogP contribution in [0.5, 0.6) is 0 Å². The summed E-state index contributed by atoms with van der Waals surface area (Å²) >= 11 is 0. The van der Waals surface area contributed by atoms with E-state index in [4.69, 9.17) is 0 Å². The van der Waals surface area contributed by atoms with Crippen molar-refractivity contribution in [3.05, 3.63) is 58.8 Å². The number of ether oxygens (including phenoxy) is 1. The summed E-state index contributed by atoms with van der Waals surface area (Å²) in [6.07, 6.45) is 2.16. The molecule has 0 unspecified atom stereocenters. The lowest BCUT2D eigenvalue weighted by atomic mass is 10.1. The molecule has 0 aliphatic rings. The summed E-state index contributed by atoms with van der Waals surface area (Å²) in [6.45, 7) is 3.02. The summed E-state index contributed by atoms with van der Waals surface area (Å²) in [7, 11) is 0. The standard InChI is InChI=1S/C18H18N2O6/c1-3-26-18(25)15(22)10-13-16(17(23)24)14(9-11(2)21)20(19-13)12-7-5-4-6-8-12/h4-10,21-22H,3H2,1-2H3,(H,23,24)/b11-9-,15-10-. The monoisotopic (exact) mass is 358 g/mol. The van der Waals surface area contributed by atoms with E-state index in [1.54, 1.807) is 37.3 Å². The average molecular weight is 358 g/mol. The van der Waals surface area contributed by atoms with Gasteiger partial charge in [-0.1, -0.05) is 18.2 Å². The minimum Gasteiger partial charge on any atom is -0.513 e. The zero-order valence-electron chi connectivity index (χ0n) is 14.2. The molecule has 0 aliphatic heterocycles. The normalized spacial score (nSPS) is 12.1. The molecule has 2 aromatic rings. The summed E-state index contributed by atoms with van der Waals surface area (Å²) in [6, 6.07) is 8.65. The number of nitrogens with zero attached hydrogens (tertiary/aromatic N) is 2. The van der Waals surface area contributed by atoms with E-state index in [0.717, 1.165) is 6.08 Å². The van der Waals surface area contributed by atoms with Gasteiger partial charge in [-0.05, 0) is 26.0 Å². The predicted molar refractivity (Wildman–Crippen MR) is 94.0 cm³/mol. The molecule has 0 saturated carbocycles. The Hall–Kier alpha value is -3.55. The molecule has 2 rings (SSSR count). The third-order valence-corrected chi connectivity index (χ3v) is 3.27. The number of carboxylic acid groups (broad SMARTS) is 1. The second-order valence-electron chi connectivity index (χ2n) is 5.23. The van der Waals surface area contributed by atoms with Gasteiger partial charge in [0.25, 0.3) is 0 Å². The number of rotatable bonds is 6. The Kier molecular flexibility index (Phi) is 5.79. The van der Waals surface area contributed by atoms with Gasteiger partial charge in [0.2, 0.25) is 5.76 Å². The fraction of sp³-hybridized carbons (Fsp3) is 0.167. The van der Waals surface area contributed by atoms with Crippen molar-refractivity contribution in [3.8, 4) is 5.69 Å². The number of carbonyl (C=O) groups excluding carboxylic acids is 1. The highest BCUT2D eigenvalue weighted by Crippen LogP contribution is 2.23. The van der Waals surface area contributed by atoms with Gasteiger partial charge in [-0.15, -0.1) is 0 Å². The number of para-hydroxylation sites is 1. The lowest BCUT2D eigenvalue weighted by Gasteiger charge is -2.05. The van der Waals surface area contributed by atoms with Crippen LogP contribution in [0.1, 0.15) is 35.6 Å². The molecule has 136 valence electrons. The molecule has 1 aromatic heterocycles. The second-order valence-corrected chi connectivity index (χ2v) is 5.23. The SMILES string of the molecule is CCOC(=O)/C(O)=C/c1nn(-c2ccccc2)c(/C=C(/C)O)c1C(=O)O. The number of carboxylic acids is 1. The van der Waals surface area contributed by atoms with Crippen LogP contribution in [-0.4, -0.2) is 43.6 Å². The Morgan fingerprint density at radius 2 is 1.81 bits per heavy atom. The summed E-state index contributed by atoms with van der Waals surface area (Å²) in [4.78, 5) is 23.3. The number of aliphatic hydroxyl groups excluding tert-OH is 2. The first-order chi connectivity index (χ1) is 12.3. The van der Waals surface area contributed by atoms with Gasteiger partial charge in [0.1, 0.15) is 11.3 Å². The van der Waals surface area contributed by atoms with Gasteiger partial charge in [-0.25, -0.2) is 14.3 Å². The third kappa shape index (κ3) is 4.10. The molecular formula is C18H18N2O6. The van der Waals surface area contributed by atoms with Crippen LogP contribution in [0.15, 0.2) is 41.9 Å². The molecule has 0 saturated heterocycles. The molecule has 0 amide bonds. The van der Waals surface area contributed by atoms with Crippen LogP contribution in [0.2, 0.25) is 0 Å². The topological polar surface area (TPSA) is 122 Å². The maximum Gasteiger partial charge on any atom is 0.373 e. The van der Waals surface area contributed by atoms with Gasteiger partial charge in [0, 0.05) is 12.2 Å². The first-order valence-corrected chi connectivity index (χ1v) is 7.72. The molecule has 1 heterocycles. The molecule has 8 nitrogen and oxygen atoms in total. The zero-order valence-corrected chi connectivity index (χ0v) is 14.2. The Morgan fingerprint density at radius 3 is 2.35 bits per heavy atom. The minimum atomic E-state index is -1.33. The van der Waals surface area contributed by atoms with Crippen LogP contribution < -0.4 is 0 Å². The van der Waals surface area contributed by atoms with Crippen molar-refractivity contribution >= 4 is 24.1 Å². The van der Waals surface area contributed by atoms with E-state index in [1.807, 2.05) is 0 Å². The molecule has 3 N–H and O–H groups in total. The molecule has 0 aliphatic carbocycles. The van der Waals surface area contributed by atoms with E-state index in [2.05, 4.69) is 9.84 Å². The van der Waals surface area contributed by atoms with Crippen LogP contribution in [0.25, 0.3) is 17.8 Å². The van der Waals surface area contributed by atoms with Gasteiger partial charge in [-0.3, -0.25) is 0 Å². The van der Waals surface area contributed by atoms with Crippen molar-refractivity contribution in [3.63, 3.8) is 0 Å². The predicted octanol–water partition coefficient (Wildman–Crippen LogP) is 2.95. The van der Waals surface area contributed by atoms with E-state index < -0.39 is 17.7 Å². The number of esters is 1. The van der Waals surface area contributed by atoms with Crippen LogP contribution in [-0.2, 0) is 9.53 Å². The van der Waals surface area contributed by atoms with Gasteiger partial charge in [0.15, 0.2) is 0 Å². The highest BCUT2D eigenvalue weighted by molar-refractivity contribution is 5.98. The van der Waals surface area contributed by atoms with Crippen molar-refractivity contribution in [2.45, 2.75) is 13.8 Å². The maximum atomic E-state index is 11.8. The van der Waals surface area contributed by atoms with E-state index >= 15 is 0 Å². The molecule has 0 bridgehead atoms. The lowest BCUT2D eigenvalue weighted by molar-refractivity contribution is -0.141. The van der Waals surface area contributed by atoms with Crippen LogP contribution in [0.4, 0.5) is 0 Å². The summed E-state index contributed by atoms with van der Waals surface area (Å²) < 4.78 is 5.97. The van der Waals surface area contributed by atoms with Crippen molar-refractivity contribution in [2.75, 3.05) is 6.61 Å². The highest BCUT2D eigenvalue weighted by Gasteiger charge is 2.23. The van der Waals surface area contributed by atoms with Crippen LogP contribution in [0, 0.1) is 0 Å². The fourth-order valence-corrected chi connectivity index (χ4v) is 2.26. The zero-order chi connectivity index (χ0) is 19.3. The molecule has 0 radical (unpaired) electrons. The summed E-state index contributed by atoms with van der Waals surface area (Å²) in [5.74, 6) is -3.23. The number of aromatic carboxylic acids is 1. The molecule has 0 fully saturated rings. The Morgan fingerprint density at radius 1 is 1.15 bits per heavy atom. The largest absolute Gasteiger partial charge is 0.513 e. The summed E-state index contributed by atoms with van der Waals surface area (Å²) in [5, 5.41) is 33.2. The van der Waals surface area contributed by atoms with Crippen LogP contribution in [0.3, 0.4) is 0 Å². The Balaban J connectivity index is 2.71. The Bertz CT molecular complexity index is 877. The number of aromatic nitrogens is 2. The number of allylic oxidation sites excluding steroid dienone is 1. The molecule has 8 heteroatoms. The van der Waals surface area contributed by atoms with Crippen molar-refractivity contribution < 1.29 is 29.6 Å². The molecule has 0 spiro atoms. The van der Waals surface area contributed by atoms with Crippen molar-refractivity contribution in [1.82, 2.24) is 9.78 Å². The van der Waals surface area contributed by atoms with Crippen molar-refractivity contribution in [2.24, 2.45) is 0 Å². The maximum absolute atomic E-state index is 11.8. The number of benzene rings is 1. The number of aliphatic hydroxyl groups is 2. The van der Waals surface area contributed by atoms with E-state index in [-0.39, 0.29) is 29.3 Å². The number of carbonyl (C=O) groups is 2. The first kappa shape index (κ1) is 18.8. The molecular weight excluding hydrogens is 340 g/mol. The number of hydrogen-bond donors (Lipinski definition) is 3. The van der Waals surface area contributed by atoms with Gasteiger partial charge < -0.3 is 20.1 Å². The van der Waals surface area contributed by atoms with Gasteiger partial charge in [0.05, 0.1) is 23.7 Å². The Labute approximate surface area is 149 Å². The average Bonchev–Trinajstić information content (AvgIpc) is 2.93. The quantitative estimate of drug-likeness (QED) is 0.412. The third-order valence-electron chi connectivity index (χ3n) is 3.27. The van der Waals surface area contributed by atoms with Gasteiger partial charge >= 0.3 is 11.9 Å². The smallest absolute Gasteiger partial charge is 0.373 e. The van der Waals surface area contributed by atoms with E-state index in [9.17, 15) is 24.9 Å². The summed E-state index contributed by atoms with van der Waals surface area (Å²) in [5.41, 5.74) is 0.196. The van der Waals surface area contributed by atoms with Gasteiger partial charge in [-0.2, -0.15) is 5.10 Å². The molecule has 0 atom stereocenters. The van der Waals surface area contributed by atoms with Crippen molar-refractivity contribution in [1.29, 1.82) is 0 Å². The second kappa shape index (κ2) is 8.02. The van der Waals surface area contributed by atoms with E-state index in [0.29, 0.717) is 5.69 Å². The number of hydrogen-bond acceptors (Lipinski definition) is 6. The molecule has 1 aromatic carbocycles. The lowest BCUT2D eigenvalue weighted by Crippen LogP contribution is -2.07. The highest BCUT2D eigenvalue weighted by atomic mass is 16.5. The fourth-order valence-electron chi connectivity index (χ4n) is 2.26.